The molecule has 0 bridgehead atoms. The molecule has 1 aliphatic rings. The van der Waals surface area contributed by atoms with Crippen molar-refractivity contribution >= 4 is 11.6 Å². The predicted octanol–water partition coefficient (Wildman–Crippen LogP) is 4.84. The Morgan fingerprint density at radius 2 is 1.76 bits per heavy atom. The molecular formula is C21H26N2O2. The lowest BCUT2D eigenvalue weighted by atomic mass is 10.0. The Morgan fingerprint density at radius 1 is 1.08 bits per heavy atom. The highest BCUT2D eigenvalue weighted by Crippen LogP contribution is 2.34. The molecule has 2 aromatic carbocycles. The first-order chi connectivity index (χ1) is 12.0. The maximum atomic E-state index is 13.0. The highest BCUT2D eigenvalue weighted by molar-refractivity contribution is 6.01. The minimum absolute atomic E-state index is 0.0641. The summed E-state index contributed by atoms with van der Waals surface area (Å²) in [6, 6.07) is 15.8. The fourth-order valence-electron chi connectivity index (χ4n) is 3.09. The number of para-hydroxylation sites is 1. The molecule has 1 N–H and O–H groups in total. The van der Waals surface area contributed by atoms with E-state index in [1.165, 1.54) is 0 Å². The number of rotatable bonds is 5. The molecular weight excluding hydrogens is 312 g/mol. The highest BCUT2D eigenvalue weighted by Gasteiger charge is 2.34. The molecule has 132 valence electrons. The minimum Gasteiger partial charge on any atom is -0.491 e. The summed E-state index contributed by atoms with van der Waals surface area (Å²) >= 11 is 0. The van der Waals surface area contributed by atoms with Crippen LogP contribution in [0.5, 0.6) is 5.75 Å². The number of hydrogen-bond donors (Lipinski definition) is 1. The molecule has 1 heterocycles. The Bertz CT molecular complexity index is 740. The molecule has 0 aliphatic carbocycles. The van der Waals surface area contributed by atoms with Crippen LogP contribution in [0.4, 0.5) is 5.69 Å². The molecule has 2 unspecified atom stereocenters. The lowest BCUT2D eigenvalue weighted by molar-refractivity contribution is 0.0617. The van der Waals surface area contributed by atoms with Gasteiger partial charge in [-0.1, -0.05) is 31.2 Å². The average Bonchev–Trinajstić information content (AvgIpc) is 2.61. The Kier molecular flexibility index (Phi) is 4.98. The summed E-state index contributed by atoms with van der Waals surface area (Å²) in [4.78, 5) is 14.9. The van der Waals surface area contributed by atoms with Crippen LogP contribution in [0.15, 0.2) is 48.5 Å². The number of fused-ring (bicyclic) bond motifs is 1. The van der Waals surface area contributed by atoms with Crippen LogP contribution in [-0.4, -0.2) is 23.0 Å². The highest BCUT2D eigenvalue weighted by atomic mass is 16.5. The molecule has 2 atom stereocenters. The van der Waals surface area contributed by atoms with Gasteiger partial charge in [0.2, 0.25) is 0 Å². The molecule has 4 heteroatoms. The van der Waals surface area contributed by atoms with Crippen molar-refractivity contribution in [3.8, 4) is 5.75 Å². The van der Waals surface area contributed by atoms with E-state index in [1.807, 2.05) is 67.3 Å². The Morgan fingerprint density at radius 3 is 2.40 bits per heavy atom. The van der Waals surface area contributed by atoms with Crippen molar-refractivity contribution in [3.63, 3.8) is 0 Å². The van der Waals surface area contributed by atoms with Crippen molar-refractivity contribution in [1.82, 2.24) is 4.90 Å². The number of hydrogen-bond acceptors (Lipinski definition) is 3. The second kappa shape index (κ2) is 7.18. The molecule has 0 saturated heterocycles. The van der Waals surface area contributed by atoms with Gasteiger partial charge in [0.15, 0.2) is 0 Å². The molecule has 4 nitrogen and oxygen atoms in total. The number of nitrogens with zero attached hydrogens (tertiary/aromatic N) is 1. The maximum Gasteiger partial charge on any atom is 0.258 e. The molecule has 0 radical (unpaired) electrons. The lowest BCUT2D eigenvalue weighted by Crippen LogP contribution is -2.46. The van der Waals surface area contributed by atoms with Gasteiger partial charge in [0, 0.05) is 11.7 Å². The third-order valence-corrected chi connectivity index (χ3v) is 4.63. The van der Waals surface area contributed by atoms with Crippen LogP contribution in [-0.2, 0) is 0 Å². The Labute approximate surface area is 149 Å². The lowest BCUT2D eigenvalue weighted by Gasteiger charge is -2.40. The van der Waals surface area contributed by atoms with Gasteiger partial charge in [0.1, 0.15) is 11.9 Å². The summed E-state index contributed by atoms with van der Waals surface area (Å²) in [5.74, 6) is 0.922. The minimum atomic E-state index is -0.181. The topological polar surface area (TPSA) is 41.6 Å². The van der Waals surface area contributed by atoms with Crippen molar-refractivity contribution < 1.29 is 9.53 Å². The van der Waals surface area contributed by atoms with Gasteiger partial charge >= 0.3 is 0 Å². The van der Waals surface area contributed by atoms with Crippen LogP contribution in [0.1, 0.15) is 56.2 Å². The van der Waals surface area contributed by atoms with Gasteiger partial charge in [0.25, 0.3) is 5.91 Å². The summed E-state index contributed by atoms with van der Waals surface area (Å²) in [5.41, 5.74) is 2.66. The second-order valence-corrected chi connectivity index (χ2v) is 6.80. The summed E-state index contributed by atoms with van der Waals surface area (Å²) in [7, 11) is 0. The van der Waals surface area contributed by atoms with Gasteiger partial charge in [-0.15, -0.1) is 0 Å². The average molecular weight is 338 g/mol. The number of carbonyl (C=O) groups excluding carboxylic acids is 1. The SMILES string of the molecule is CCC(C)Oc1ccc(C2Nc3ccccc3C(=O)N2C(C)C)cc1. The van der Waals surface area contributed by atoms with Gasteiger partial charge < -0.3 is 15.0 Å². The molecule has 0 aromatic heterocycles. The van der Waals surface area contributed by atoms with E-state index in [2.05, 4.69) is 19.2 Å². The molecule has 25 heavy (non-hydrogen) atoms. The summed E-state index contributed by atoms with van der Waals surface area (Å²) in [6.07, 6.45) is 0.984. The van der Waals surface area contributed by atoms with E-state index < -0.39 is 0 Å². The van der Waals surface area contributed by atoms with Crippen molar-refractivity contribution in [2.75, 3.05) is 5.32 Å². The van der Waals surface area contributed by atoms with Gasteiger partial charge in [-0.3, -0.25) is 4.79 Å². The van der Waals surface area contributed by atoms with Gasteiger partial charge in [-0.05, 0) is 57.0 Å². The second-order valence-electron chi connectivity index (χ2n) is 6.80. The zero-order valence-corrected chi connectivity index (χ0v) is 15.3. The fraction of sp³-hybridized carbons (Fsp3) is 0.381. The van der Waals surface area contributed by atoms with E-state index in [-0.39, 0.29) is 24.2 Å². The first kappa shape index (κ1) is 17.3. The van der Waals surface area contributed by atoms with Crippen LogP contribution in [0.2, 0.25) is 0 Å². The Hall–Kier alpha value is -2.49. The third-order valence-electron chi connectivity index (χ3n) is 4.63. The first-order valence-electron chi connectivity index (χ1n) is 8.96. The number of anilines is 1. The molecule has 1 aliphatic heterocycles. The van der Waals surface area contributed by atoms with Gasteiger partial charge in [0.05, 0.1) is 11.7 Å². The first-order valence-corrected chi connectivity index (χ1v) is 8.96. The summed E-state index contributed by atoms with van der Waals surface area (Å²) in [6.45, 7) is 8.25. The Balaban J connectivity index is 1.91. The van der Waals surface area contributed by atoms with Crippen LogP contribution in [0, 0.1) is 0 Å². The molecule has 0 saturated carbocycles. The normalized spacial score (nSPS) is 17.9. The van der Waals surface area contributed by atoms with E-state index in [0.29, 0.717) is 0 Å². The maximum absolute atomic E-state index is 13.0. The van der Waals surface area contributed by atoms with Crippen molar-refractivity contribution in [3.05, 3.63) is 59.7 Å². The van der Waals surface area contributed by atoms with E-state index in [4.69, 9.17) is 4.74 Å². The number of nitrogens with one attached hydrogen (secondary N) is 1. The molecule has 2 aromatic rings. The van der Waals surface area contributed by atoms with E-state index in [9.17, 15) is 4.79 Å². The number of benzene rings is 2. The largest absolute Gasteiger partial charge is 0.491 e. The number of carbonyl (C=O) groups is 1. The van der Waals surface area contributed by atoms with Crippen LogP contribution < -0.4 is 10.1 Å². The predicted molar refractivity (Wildman–Crippen MR) is 101 cm³/mol. The number of ether oxygens (including phenoxy) is 1. The van der Waals surface area contributed by atoms with Crippen molar-refractivity contribution in [2.45, 2.75) is 52.4 Å². The number of amides is 1. The van der Waals surface area contributed by atoms with Gasteiger partial charge in [-0.25, -0.2) is 0 Å². The molecule has 0 fully saturated rings. The smallest absolute Gasteiger partial charge is 0.258 e. The van der Waals surface area contributed by atoms with Crippen molar-refractivity contribution in [1.29, 1.82) is 0 Å². The quantitative estimate of drug-likeness (QED) is 0.848. The van der Waals surface area contributed by atoms with Crippen LogP contribution in [0.3, 0.4) is 0 Å². The third kappa shape index (κ3) is 3.48. The molecule has 1 amide bonds. The zero-order chi connectivity index (χ0) is 18.0. The van der Waals surface area contributed by atoms with Crippen LogP contribution in [0.25, 0.3) is 0 Å². The monoisotopic (exact) mass is 338 g/mol. The zero-order valence-electron chi connectivity index (χ0n) is 15.3. The van der Waals surface area contributed by atoms with Crippen LogP contribution >= 0.6 is 0 Å². The fourth-order valence-corrected chi connectivity index (χ4v) is 3.09. The summed E-state index contributed by atoms with van der Waals surface area (Å²) in [5, 5.41) is 3.51. The molecule has 0 spiro atoms. The summed E-state index contributed by atoms with van der Waals surface area (Å²) < 4.78 is 5.86. The van der Waals surface area contributed by atoms with E-state index >= 15 is 0 Å². The van der Waals surface area contributed by atoms with Gasteiger partial charge in [-0.2, -0.15) is 0 Å². The van der Waals surface area contributed by atoms with E-state index in [1.54, 1.807) is 0 Å². The van der Waals surface area contributed by atoms with Crippen molar-refractivity contribution in [2.24, 2.45) is 0 Å². The standard InChI is InChI=1S/C21H26N2O2/c1-5-15(4)25-17-12-10-16(11-13-17)20-22-19-9-7-6-8-18(19)21(24)23(20)14(2)3/h6-15,20,22H,5H2,1-4H3. The molecule has 3 rings (SSSR count). The van der Waals surface area contributed by atoms with E-state index in [0.717, 1.165) is 29.0 Å².